The standard InChI is InChI=1S/C13H19NO3/c1-11(15)9-14-13(16)10-17-8-7-12-5-3-2-4-6-12/h2-6,11,15H,7-10H2,1H3,(H,14,16). The monoisotopic (exact) mass is 237 g/mol. The van der Waals surface area contributed by atoms with E-state index in [4.69, 9.17) is 9.84 Å². The summed E-state index contributed by atoms with van der Waals surface area (Å²) in [6.45, 7) is 2.45. The second-order valence-corrected chi connectivity index (χ2v) is 3.94. The molecule has 0 aliphatic carbocycles. The number of hydrogen-bond acceptors (Lipinski definition) is 3. The first-order valence-electron chi connectivity index (χ1n) is 5.75. The number of benzene rings is 1. The van der Waals surface area contributed by atoms with E-state index in [-0.39, 0.29) is 19.1 Å². The number of hydrogen-bond donors (Lipinski definition) is 2. The smallest absolute Gasteiger partial charge is 0.246 e. The summed E-state index contributed by atoms with van der Waals surface area (Å²) in [6, 6.07) is 9.97. The summed E-state index contributed by atoms with van der Waals surface area (Å²) in [6.07, 6.45) is 0.271. The van der Waals surface area contributed by atoms with Crippen LogP contribution in [0.15, 0.2) is 30.3 Å². The Labute approximate surface area is 102 Å². The van der Waals surface area contributed by atoms with Gasteiger partial charge in [-0.15, -0.1) is 0 Å². The van der Waals surface area contributed by atoms with Crippen molar-refractivity contribution in [3.63, 3.8) is 0 Å². The van der Waals surface area contributed by atoms with Crippen molar-refractivity contribution in [2.45, 2.75) is 19.4 Å². The summed E-state index contributed by atoms with van der Waals surface area (Å²) >= 11 is 0. The number of nitrogens with one attached hydrogen (secondary N) is 1. The van der Waals surface area contributed by atoms with Gasteiger partial charge < -0.3 is 15.2 Å². The molecule has 0 aliphatic rings. The predicted molar refractivity (Wildman–Crippen MR) is 65.7 cm³/mol. The van der Waals surface area contributed by atoms with Crippen LogP contribution in [0.1, 0.15) is 12.5 Å². The molecule has 0 fully saturated rings. The highest BCUT2D eigenvalue weighted by molar-refractivity contribution is 5.77. The number of rotatable bonds is 7. The Kier molecular flexibility index (Phi) is 6.29. The van der Waals surface area contributed by atoms with Crippen molar-refractivity contribution in [3.8, 4) is 0 Å². The maximum Gasteiger partial charge on any atom is 0.246 e. The van der Waals surface area contributed by atoms with Gasteiger partial charge in [-0.2, -0.15) is 0 Å². The molecule has 0 heterocycles. The van der Waals surface area contributed by atoms with Gasteiger partial charge >= 0.3 is 0 Å². The summed E-state index contributed by atoms with van der Waals surface area (Å²) in [5.74, 6) is -0.195. The molecule has 1 unspecified atom stereocenters. The number of aliphatic hydroxyl groups excluding tert-OH is 1. The molecule has 94 valence electrons. The number of aliphatic hydroxyl groups is 1. The molecule has 0 saturated heterocycles. The number of amides is 1. The SMILES string of the molecule is CC(O)CNC(=O)COCCc1ccccc1. The first kappa shape index (κ1) is 13.7. The molecule has 1 aromatic carbocycles. The van der Waals surface area contributed by atoms with E-state index in [1.165, 1.54) is 5.56 Å². The predicted octanol–water partition coefficient (Wildman–Crippen LogP) is 0.743. The molecule has 2 N–H and O–H groups in total. The van der Waals surface area contributed by atoms with Crippen LogP contribution in [0.3, 0.4) is 0 Å². The lowest BCUT2D eigenvalue weighted by molar-refractivity contribution is -0.126. The summed E-state index contributed by atoms with van der Waals surface area (Å²) in [5.41, 5.74) is 1.19. The quantitative estimate of drug-likeness (QED) is 0.688. The minimum absolute atomic E-state index is 0.0412. The number of ether oxygens (including phenoxy) is 1. The molecule has 0 aliphatic heterocycles. The van der Waals surface area contributed by atoms with Crippen LogP contribution in [0, 0.1) is 0 Å². The Morgan fingerprint density at radius 2 is 2.12 bits per heavy atom. The van der Waals surface area contributed by atoms with Crippen molar-refractivity contribution in [2.75, 3.05) is 19.8 Å². The molecule has 0 bridgehead atoms. The van der Waals surface area contributed by atoms with Gasteiger partial charge in [-0.1, -0.05) is 30.3 Å². The first-order chi connectivity index (χ1) is 8.18. The molecule has 17 heavy (non-hydrogen) atoms. The van der Waals surface area contributed by atoms with E-state index in [1.807, 2.05) is 30.3 Å². The van der Waals surface area contributed by atoms with E-state index in [1.54, 1.807) is 6.92 Å². The van der Waals surface area contributed by atoms with Crippen molar-refractivity contribution < 1.29 is 14.6 Å². The maximum absolute atomic E-state index is 11.2. The van der Waals surface area contributed by atoms with E-state index in [9.17, 15) is 4.79 Å². The maximum atomic E-state index is 11.2. The topological polar surface area (TPSA) is 58.6 Å². The van der Waals surface area contributed by atoms with Crippen LogP contribution in [0.4, 0.5) is 0 Å². The van der Waals surface area contributed by atoms with Crippen LogP contribution in [0.25, 0.3) is 0 Å². The van der Waals surface area contributed by atoms with E-state index in [0.29, 0.717) is 6.61 Å². The molecule has 4 nitrogen and oxygen atoms in total. The molecule has 0 saturated carbocycles. The lowest BCUT2D eigenvalue weighted by Crippen LogP contribution is -2.33. The lowest BCUT2D eigenvalue weighted by Gasteiger charge is -2.07. The van der Waals surface area contributed by atoms with Crippen molar-refractivity contribution in [2.24, 2.45) is 0 Å². The normalized spacial score (nSPS) is 12.1. The highest BCUT2D eigenvalue weighted by Crippen LogP contribution is 1.99. The van der Waals surface area contributed by atoms with Gasteiger partial charge in [0, 0.05) is 6.54 Å². The Morgan fingerprint density at radius 1 is 1.41 bits per heavy atom. The van der Waals surface area contributed by atoms with Gasteiger partial charge in [0.25, 0.3) is 0 Å². The van der Waals surface area contributed by atoms with Crippen molar-refractivity contribution in [1.29, 1.82) is 0 Å². The fraction of sp³-hybridized carbons (Fsp3) is 0.462. The molecule has 1 amide bonds. The summed E-state index contributed by atoms with van der Waals surface area (Å²) < 4.78 is 5.24. The van der Waals surface area contributed by atoms with Gasteiger partial charge in [0.15, 0.2) is 0 Å². The molecule has 0 radical (unpaired) electrons. The lowest BCUT2D eigenvalue weighted by atomic mass is 10.2. The molecule has 1 aromatic rings. The third-order valence-electron chi connectivity index (χ3n) is 2.21. The van der Waals surface area contributed by atoms with Crippen LogP contribution in [-0.2, 0) is 16.0 Å². The van der Waals surface area contributed by atoms with Crippen molar-refractivity contribution in [1.82, 2.24) is 5.32 Å². The third-order valence-corrected chi connectivity index (χ3v) is 2.21. The minimum atomic E-state index is -0.525. The van der Waals surface area contributed by atoms with Gasteiger partial charge in [-0.25, -0.2) is 0 Å². The largest absolute Gasteiger partial charge is 0.392 e. The van der Waals surface area contributed by atoms with Crippen LogP contribution in [-0.4, -0.2) is 36.9 Å². The van der Waals surface area contributed by atoms with Crippen LogP contribution < -0.4 is 5.32 Å². The Bertz CT molecular complexity index is 325. The third kappa shape index (κ3) is 6.71. The molecule has 1 rings (SSSR count). The van der Waals surface area contributed by atoms with Gasteiger partial charge in [0.2, 0.25) is 5.91 Å². The Hall–Kier alpha value is -1.39. The Balaban J connectivity index is 2.06. The Morgan fingerprint density at radius 3 is 2.76 bits per heavy atom. The second-order valence-electron chi connectivity index (χ2n) is 3.94. The molecule has 0 spiro atoms. The van der Waals surface area contributed by atoms with Gasteiger partial charge in [-0.05, 0) is 18.9 Å². The van der Waals surface area contributed by atoms with Crippen molar-refractivity contribution >= 4 is 5.91 Å². The van der Waals surface area contributed by atoms with E-state index < -0.39 is 6.10 Å². The van der Waals surface area contributed by atoms with Gasteiger partial charge in [0.05, 0.1) is 12.7 Å². The number of carbonyl (C=O) groups is 1. The highest BCUT2D eigenvalue weighted by Gasteiger charge is 2.02. The van der Waals surface area contributed by atoms with Crippen LogP contribution >= 0.6 is 0 Å². The van der Waals surface area contributed by atoms with Crippen molar-refractivity contribution in [3.05, 3.63) is 35.9 Å². The fourth-order valence-corrected chi connectivity index (χ4v) is 1.31. The highest BCUT2D eigenvalue weighted by atomic mass is 16.5. The average Bonchev–Trinajstić information content (AvgIpc) is 2.33. The first-order valence-corrected chi connectivity index (χ1v) is 5.75. The van der Waals surface area contributed by atoms with Crippen LogP contribution in [0.5, 0.6) is 0 Å². The summed E-state index contributed by atoms with van der Waals surface area (Å²) in [7, 11) is 0. The van der Waals surface area contributed by atoms with Crippen LogP contribution in [0.2, 0.25) is 0 Å². The molecular weight excluding hydrogens is 218 g/mol. The zero-order valence-corrected chi connectivity index (χ0v) is 10.1. The van der Waals surface area contributed by atoms with Gasteiger partial charge in [-0.3, -0.25) is 4.79 Å². The van der Waals surface area contributed by atoms with E-state index >= 15 is 0 Å². The summed E-state index contributed by atoms with van der Waals surface area (Å²) in [4.78, 5) is 11.2. The zero-order chi connectivity index (χ0) is 12.5. The van der Waals surface area contributed by atoms with E-state index in [2.05, 4.69) is 5.32 Å². The fourth-order valence-electron chi connectivity index (χ4n) is 1.31. The van der Waals surface area contributed by atoms with Gasteiger partial charge in [0.1, 0.15) is 6.61 Å². The molecule has 4 heteroatoms. The zero-order valence-electron chi connectivity index (χ0n) is 10.1. The average molecular weight is 237 g/mol. The van der Waals surface area contributed by atoms with E-state index in [0.717, 1.165) is 6.42 Å². The second kappa shape index (κ2) is 7.81. The summed E-state index contributed by atoms with van der Waals surface area (Å²) in [5, 5.41) is 11.5. The molecule has 1 atom stereocenters. The number of carbonyl (C=O) groups excluding carboxylic acids is 1. The minimum Gasteiger partial charge on any atom is -0.392 e. The molecule has 0 aromatic heterocycles. The molecular formula is C13H19NO3.